The van der Waals surface area contributed by atoms with Crippen LogP contribution in [0.5, 0.6) is 5.75 Å². The van der Waals surface area contributed by atoms with Crippen LogP contribution >= 0.6 is 11.6 Å². The van der Waals surface area contributed by atoms with Crippen LogP contribution in [0.3, 0.4) is 0 Å². The fourth-order valence-electron chi connectivity index (χ4n) is 2.37. The Labute approximate surface area is 151 Å². The summed E-state index contributed by atoms with van der Waals surface area (Å²) in [5.74, 6) is -0.638. The molecule has 0 radical (unpaired) electrons. The quantitative estimate of drug-likeness (QED) is 0.686. The number of ether oxygens (including phenoxy) is 1. The molecule has 1 heterocycles. The molecule has 0 aliphatic heterocycles. The summed E-state index contributed by atoms with van der Waals surface area (Å²) in [6.45, 7) is -1.48. The summed E-state index contributed by atoms with van der Waals surface area (Å²) in [7, 11) is 0. The van der Waals surface area contributed by atoms with Gasteiger partial charge in [0.15, 0.2) is 6.61 Å². The highest BCUT2D eigenvalue weighted by atomic mass is 35.5. The molecule has 4 nitrogen and oxygen atoms in total. The molecule has 26 heavy (non-hydrogen) atoms. The Bertz CT molecular complexity index is 955. The molecule has 3 aromatic rings. The Morgan fingerprint density at radius 2 is 1.92 bits per heavy atom. The van der Waals surface area contributed by atoms with Crippen molar-refractivity contribution in [3.63, 3.8) is 0 Å². The van der Waals surface area contributed by atoms with Gasteiger partial charge in [0, 0.05) is 16.6 Å². The molecule has 0 saturated heterocycles. The fraction of sp³-hybridized carbons (Fsp3) is 0.111. The topological polar surface area (TPSA) is 51.2 Å². The van der Waals surface area contributed by atoms with Crippen LogP contribution in [0.2, 0.25) is 5.02 Å². The molecule has 2 aromatic carbocycles. The average molecular weight is 381 g/mol. The third-order valence-corrected chi connectivity index (χ3v) is 3.71. The zero-order valence-electron chi connectivity index (χ0n) is 13.2. The molecule has 1 amide bonds. The highest BCUT2D eigenvalue weighted by Gasteiger charge is 2.29. The molecule has 1 N–H and O–H groups in total. The SMILES string of the molecule is O=C(Nc1cc(Cl)ccc1OCC(F)(F)F)c1ccnc2ccccc12. The van der Waals surface area contributed by atoms with Gasteiger partial charge >= 0.3 is 6.18 Å². The second kappa shape index (κ2) is 7.21. The van der Waals surface area contributed by atoms with Crippen LogP contribution in [0.1, 0.15) is 10.4 Å². The predicted molar refractivity (Wildman–Crippen MR) is 92.7 cm³/mol. The third-order valence-electron chi connectivity index (χ3n) is 3.47. The van der Waals surface area contributed by atoms with Crippen molar-refractivity contribution in [3.8, 4) is 5.75 Å². The smallest absolute Gasteiger partial charge is 0.422 e. The first-order valence-corrected chi connectivity index (χ1v) is 7.85. The number of pyridine rings is 1. The van der Waals surface area contributed by atoms with Gasteiger partial charge < -0.3 is 10.1 Å². The summed E-state index contributed by atoms with van der Waals surface area (Å²) in [5, 5.41) is 3.42. The highest BCUT2D eigenvalue weighted by molar-refractivity contribution is 6.31. The summed E-state index contributed by atoms with van der Waals surface area (Å²) < 4.78 is 42.0. The molecule has 8 heteroatoms. The number of para-hydroxylation sites is 1. The minimum absolute atomic E-state index is 0.0487. The average Bonchev–Trinajstić information content (AvgIpc) is 2.59. The maximum atomic E-state index is 12.6. The number of anilines is 1. The molecule has 1 aromatic heterocycles. The maximum absolute atomic E-state index is 12.6. The minimum Gasteiger partial charge on any atom is -0.482 e. The van der Waals surface area contributed by atoms with Crippen LogP contribution in [0.25, 0.3) is 10.9 Å². The van der Waals surface area contributed by atoms with E-state index < -0.39 is 18.7 Å². The normalized spacial score (nSPS) is 11.4. The number of benzene rings is 2. The van der Waals surface area contributed by atoms with Gasteiger partial charge in [-0.15, -0.1) is 0 Å². The van der Waals surface area contributed by atoms with Crippen molar-refractivity contribution in [2.24, 2.45) is 0 Å². The summed E-state index contributed by atoms with van der Waals surface area (Å²) in [6.07, 6.45) is -3.02. The second-order valence-electron chi connectivity index (χ2n) is 5.37. The van der Waals surface area contributed by atoms with E-state index in [-0.39, 0.29) is 16.5 Å². The standard InChI is InChI=1S/C18H12ClF3N2O2/c19-11-5-6-16(26-10-18(20,21)22)15(9-11)24-17(25)13-7-8-23-14-4-2-1-3-12(13)14/h1-9H,10H2,(H,24,25). The minimum atomic E-state index is -4.50. The number of fused-ring (bicyclic) bond motifs is 1. The van der Waals surface area contributed by atoms with Gasteiger partial charge in [-0.2, -0.15) is 13.2 Å². The van der Waals surface area contributed by atoms with Crippen molar-refractivity contribution < 1.29 is 22.7 Å². The second-order valence-corrected chi connectivity index (χ2v) is 5.81. The summed E-state index contributed by atoms with van der Waals surface area (Å²) >= 11 is 5.89. The van der Waals surface area contributed by atoms with E-state index in [1.54, 1.807) is 24.3 Å². The lowest BCUT2D eigenvalue weighted by Gasteiger charge is -2.14. The Balaban J connectivity index is 1.90. The van der Waals surface area contributed by atoms with Crippen LogP contribution in [-0.2, 0) is 0 Å². The van der Waals surface area contributed by atoms with E-state index in [4.69, 9.17) is 16.3 Å². The van der Waals surface area contributed by atoms with Crippen molar-refractivity contribution in [3.05, 3.63) is 65.3 Å². The lowest BCUT2D eigenvalue weighted by Crippen LogP contribution is -2.20. The first-order valence-electron chi connectivity index (χ1n) is 7.48. The Morgan fingerprint density at radius 3 is 2.69 bits per heavy atom. The predicted octanol–water partition coefficient (Wildman–Crippen LogP) is 5.08. The number of hydrogen-bond acceptors (Lipinski definition) is 3. The monoisotopic (exact) mass is 380 g/mol. The van der Waals surface area contributed by atoms with Gasteiger partial charge in [-0.05, 0) is 30.3 Å². The van der Waals surface area contributed by atoms with E-state index in [2.05, 4.69) is 10.3 Å². The summed E-state index contributed by atoms with van der Waals surface area (Å²) in [5.41, 5.74) is 1.00. The van der Waals surface area contributed by atoms with E-state index >= 15 is 0 Å². The van der Waals surface area contributed by atoms with E-state index in [9.17, 15) is 18.0 Å². The van der Waals surface area contributed by atoms with Gasteiger partial charge in [-0.25, -0.2) is 0 Å². The number of aromatic nitrogens is 1. The first kappa shape index (κ1) is 18.0. The number of alkyl halides is 3. The van der Waals surface area contributed by atoms with Crippen molar-refractivity contribution in [2.45, 2.75) is 6.18 Å². The van der Waals surface area contributed by atoms with Crippen LogP contribution in [0, 0.1) is 0 Å². The molecule has 0 fully saturated rings. The van der Waals surface area contributed by atoms with Crippen molar-refractivity contribution in [2.75, 3.05) is 11.9 Å². The van der Waals surface area contributed by atoms with E-state index in [1.165, 1.54) is 30.5 Å². The molecule has 0 aliphatic rings. The fourth-order valence-corrected chi connectivity index (χ4v) is 2.54. The zero-order chi connectivity index (χ0) is 18.7. The highest BCUT2D eigenvalue weighted by Crippen LogP contribution is 2.30. The zero-order valence-corrected chi connectivity index (χ0v) is 13.9. The molecule has 0 aliphatic carbocycles. The number of amides is 1. The van der Waals surface area contributed by atoms with Gasteiger partial charge in [0.2, 0.25) is 0 Å². The van der Waals surface area contributed by atoms with Gasteiger partial charge in [0.25, 0.3) is 5.91 Å². The van der Waals surface area contributed by atoms with Gasteiger partial charge in [0.1, 0.15) is 5.75 Å². The number of rotatable bonds is 4. The van der Waals surface area contributed by atoms with Crippen molar-refractivity contribution in [1.82, 2.24) is 4.98 Å². The van der Waals surface area contributed by atoms with Crippen LogP contribution < -0.4 is 10.1 Å². The Kier molecular flexibility index (Phi) is 4.99. The van der Waals surface area contributed by atoms with Gasteiger partial charge in [-0.1, -0.05) is 29.8 Å². The maximum Gasteiger partial charge on any atom is 0.422 e. The number of nitrogens with one attached hydrogen (secondary N) is 1. The van der Waals surface area contributed by atoms with Crippen LogP contribution in [0.15, 0.2) is 54.7 Å². The van der Waals surface area contributed by atoms with Crippen LogP contribution in [-0.4, -0.2) is 23.7 Å². The Morgan fingerprint density at radius 1 is 1.15 bits per heavy atom. The molecule has 0 unspecified atom stereocenters. The molecular formula is C18H12ClF3N2O2. The van der Waals surface area contributed by atoms with Crippen LogP contribution in [0.4, 0.5) is 18.9 Å². The first-order chi connectivity index (χ1) is 12.3. The van der Waals surface area contributed by atoms with Gasteiger partial charge in [-0.3, -0.25) is 9.78 Å². The molecule has 0 saturated carbocycles. The summed E-state index contributed by atoms with van der Waals surface area (Å²) in [4.78, 5) is 16.8. The molecule has 0 spiro atoms. The van der Waals surface area contributed by atoms with E-state index in [1.807, 2.05) is 0 Å². The molecule has 134 valence electrons. The largest absolute Gasteiger partial charge is 0.482 e. The molecule has 0 atom stereocenters. The number of carbonyl (C=O) groups is 1. The van der Waals surface area contributed by atoms with Crippen molar-refractivity contribution in [1.29, 1.82) is 0 Å². The Hall–Kier alpha value is -2.80. The number of hydrogen-bond donors (Lipinski definition) is 1. The number of nitrogens with zero attached hydrogens (tertiary/aromatic N) is 1. The number of halogens is 4. The third kappa shape index (κ3) is 4.23. The molecular weight excluding hydrogens is 369 g/mol. The lowest BCUT2D eigenvalue weighted by molar-refractivity contribution is -0.153. The van der Waals surface area contributed by atoms with E-state index in [0.717, 1.165) is 0 Å². The number of carbonyl (C=O) groups excluding carboxylic acids is 1. The van der Waals surface area contributed by atoms with Gasteiger partial charge in [0.05, 0.1) is 16.8 Å². The van der Waals surface area contributed by atoms with Crippen molar-refractivity contribution >= 4 is 34.1 Å². The lowest BCUT2D eigenvalue weighted by atomic mass is 10.1. The van der Waals surface area contributed by atoms with E-state index in [0.29, 0.717) is 16.5 Å². The molecule has 3 rings (SSSR count). The summed E-state index contributed by atoms with van der Waals surface area (Å²) in [6, 6.07) is 12.5. The molecule has 0 bridgehead atoms.